The number of benzene rings is 3. The summed E-state index contributed by atoms with van der Waals surface area (Å²) in [6.07, 6.45) is -0.665. The monoisotopic (exact) mass is 370 g/mol. The van der Waals surface area contributed by atoms with Crippen molar-refractivity contribution in [3.8, 4) is 0 Å². The van der Waals surface area contributed by atoms with E-state index in [1.807, 2.05) is 0 Å². The highest BCUT2D eigenvalue weighted by molar-refractivity contribution is 6.20. The summed E-state index contributed by atoms with van der Waals surface area (Å²) in [5, 5.41) is 0. The zero-order valence-electron chi connectivity index (χ0n) is 15.1. The second-order valence-corrected chi connectivity index (χ2v) is 6.32. The van der Waals surface area contributed by atoms with Crippen molar-refractivity contribution in [2.75, 3.05) is 0 Å². The Kier molecular flexibility index (Phi) is 6.02. The average Bonchev–Trinajstić information content (AvgIpc) is 2.74. The predicted octanol–water partition coefficient (Wildman–Crippen LogP) is 4.60. The van der Waals surface area contributed by atoms with Gasteiger partial charge in [-0.15, -0.1) is 0 Å². The molecule has 4 nitrogen and oxygen atoms in total. The molecular formula is C24H18O4. The third-order valence-electron chi connectivity index (χ3n) is 4.36. The lowest BCUT2D eigenvalue weighted by Crippen LogP contribution is -2.15. The third-order valence-corrected chi connectivity index (χ3v) is 4.36. The minimum atomic E-state index is -0.440. The van der Waals surface area contributed by atoms with Gasteiger partial charge in [0.1, 0.15) is 0 Å². The number of ketones is 4. The molecule has 28 heavy (non-hydrogen) atoms. The smallest absolute Gasteiger partial charge is 0.171 e. The van der Waals surface area contributed by atoms with Crippen LogP contribution in [0.3, 0.4) is 0 Å². The summed E-state index contributed by atoms with van der Waals surface area (Å²) in [7, 11) is 0. The summed E-state index contributed by atoms with van der Waals surface area (Å²) in [5.41, 5.74) is 1.22. The second kappa shape index (κ2) is 8.82. The van der Waals surface area contributed by atoms with Gasteiger partial charge in [0, 0.05) is 22.3 Å². The van der Waals surface area contributed by atoms with Crippen molar-refractivity contribution >= 4 is 23.1 Å². The molecule has 0 bridgehead atoms. The van der Waals surface area contributed by atoms with Gasteiger partial charge in [0.25, 0.3) is 0 Å². The van der Waals surface area contributed by atoms with Crippen LogP contribution >= 0.6 is 0 Å². The van der Waals surface area contributed by atoms with Crippen LogP contribution in [0.15, 0.2) is 84.9 Å². The first-order valence-corrected chi connectivity index (χ1v) is 8.88. The summed E-state index contributed by atoms with van der Waals surface area (Å²) >= 11 is 0. The SMILES string of the molecule is O=C(CC(=O)c1ccccc1C(=O)CC(=O)c1ccccc1)c1ccccc1. The Morgan fingerprint density at radius 1 is 0.429 bits per heavy atom. The van der Waals surface area contributed by atoms with Crippen LogP contribution in [0.4, 0.5) is 0 Å². The molecule has 0 aromatic heterocycles. The first-order chi connectivity index (χ1) is 13.6. The molecule has 0 spiro atoms. The molecular weight excluding hydrogens is 352 g/mol. The maximum Gasteiger partial charge on any atom is 0.171 e. The summed E-state index contributed by atoms with van der Waals surface area (Å²) in [6, 6.07) is 23.4. The molecule has 3 aromatic rings. The van der Waals surface area contributed by atoms with E-state index in [1.165, 1.54) is 12.1 Å². The number of carbonyl (C=O) groups is 4. The van der Waals surface area contributed by atoms with E-state index in [0.717, 1.165) is 0 Å². The molecule has 0 radical (unpaired) electrons. The van der Waals surface area contributed by atoms with E-state index in [4.69, 9.17) is 0 Å². The molecule has 3 aromatic carbocycles. The molecule has 0 N–H and O–H groups in total. The molecule has 0 aliphatic carbocycles. The fourth-order valence-corrected chi connectivity index (χ4v) is 2.90. The van der Waals surface area contributed by atoms with Crippen LogP contribution in [0.2, 0.25) is 0 Å². The zero-order valence-corrected chi connectivity index (χ0v) is 15.1. The number of hydrogen-bond donors (Lipinski definition) is 0. The molecule has 4 heteroatoms. The molecule has 0 aliphatic heterocycles. The van der Waals surface area contributed by atoms with Crippen LogP contribution in [0.5, 0.6) is 0 Å². The normalized spacial score (nSPS) is 10.3. The van der Waals surface area contributed by atoms with E-state index in [0.29, 0.717) is 11.1 Å². The van der Waals surface area contributed by atoms with E-state index >= 15 is 0 Å². The minimum absolute atomic E-state index is 0.164. The Hall–Kier alpha value is -3.66. The van der Waals surface area contributed by atoms with Gasteiger partial charge >= 0.3 is 0 Å². The van der Waals surface area contributed by atoms with E-state index in [9.17, 15) is 19.2 Å². The van der Waals surface area contributed by atoms with Crippen molar-refractivity contribution in [3.05, 3.63) is 107 Å². The van der Waals surface area contributed by atoms with Crippen LogP contribution in [0.1, 0.15) is 54.3 Å². The van der Waals surface area contributed by atoms with Crippen molar-refractivity contribution in [3.63, 3.8) is 0 Å². The Morgan fingerprint density at radius 2 is 0.750 bits per heavy atom. The van der Waals surface area contributed by atoms with Crippen molar-refractivity contribution < 1.29 is 19.2 Å². The first kappa shape index (κ1) is 19.1. The maximum atomic E-state index is 12.7. The summed E-state index contributed by atoms with van der Waals surface area (Å²) < 4.78 is 0. The topological polar surface area (TPSA) is 68.3 Å². The number of rotatable bonds is 8. The predicted molar refractivity (Wildman–Crippen MR) is 106 cm³/mol. The van der Waals surface area contributed by atoms with Crippen LogP contribution in [0.25, 0.3) is 0 Å². The lowest BCUT2D eigenvalue weighted by Gasteiger charge is -2.08. The Morgan fingerprint density at radius 3 is 1.11 bits per heavy atom. The summed E-state index contributed by atoms with van der Waals surface area (Å²) in [4.78, 5) is 49.9. The largest absolute Gasteiger partial charge is 0.294 e. The Labute approximate surface area is 162 Å². The van der Waals surface area contributed by atoms with E-state index in [2.05, 4.69) is 0 Å². The number of Topliss-reactive ketones (excluding diaryl/α,β-unsaturated/α-hetero) is 4. The molecule has 0 unspecified atom stereocenters. The Balaban J connectivity index is 1.77. The average molecular weight is 370 g/mol. The lowest BCUT2D eigenvalue weighted by molar-refractivity contribution is 0.0863. The van der Waals surface area contributed by atoms with Crippen LogP contribution < -0.4 is 0 Å². The zero-order chi connectivity index (χ0) is 19.9. The molecule has 0 saturated heterocycles. The molecule has 0 saturated carbocycles. The summed E-state index contributed by atoms with van der Waals surface area (Å²) in [5.74, 6) is -1.50. The van der Waals surface area contributed by atoms with Crippen molar-refractivity contribution in [2.24, 2.45) is 0 Å². The maximum absolute atomic E-state index is 12.7. The van der Waals surface area contributed by atoms with E-state index < -0.39 is 11.6 Å². The summed E-state index contributed by atoms with van der Waals surface area (Å²) in [6.45, 7) is 0. The van der Waals surface area contributed by atoms with Gasteiger partial charge < -0.3 is 0 Å². The fourth-order valence-electron chi connectivity index (χ4n) is 2.90. The number of carbonyl (C=O) groups excluding carboxylic acids is 4. The van der Waals surface area contributed by atoms with Gasteiger partial charge in [-0.1, -0.05) is 84.9 Å². The molecule has 0 fully saturated rings. The van der Waals surface area contributed by atoms with E-state index in [1.54, 1.807) is 72.8 Å². The highest BCUT2D eigenvalue weighted by atomic mass is 16.2. The fraction of sp³-hybridized carbons (Fsp3) is 0.0833. The first-order valence-electron chi connectivity index (χ1n) is 8.88. The second-order valence-electron chi connectivity index (χ2n) is 6.32. The highest BCUT2D eigenvalue weighted by Gasteiger charge is 2.21. The quantitative estimate of drug-likeness (QED) is 0.429. The highest BCUT2D eigenvalue weighted by Crippen LogP contribution is 2.17. The lowest BCUT2D eigenvalue weighted by atomic mass is 9.93. The standard InChI is InChI=1S/C24H18O4/c25-21(17-9-3-1-4-10-17)15-23(27)19-13-7-8-14-20(19)24(28)16-22(26)18-11-5-2-6-12-18/h1-14H,15-16H2. The van der Waals surface area contributed by atoms with Gasteiger partial charge in [-0.3, -0.25) is 19.2 Å². The van der Waals surface area contributed by atoms with Gasteiger partial charge in [0.15, 0.2) is 23.1 Å². The van der Waals surface area contributed by atoms with Crippen molar-refractivity contribution in [1.82, 2.24) is 0 Å². The van der Waals surface area contributed by atoms with Gasteiger partial charge in [-0.25, -0.2) is 0 Å². The van der Waals surface area contributed by atoms with Gasteiger partial charge in [0.2, 0.25) is 0 Å². The molecule has 138 valence electrons. The van der Waals surface area contributed by atoms with Crippen molar-refractivity contribution in [1.29, 1.82) is 0 Å². The van der Waals surface area contributed by atoms with Crippen LogP contribution in [0, 0.1) is 0 Å². The molecule has 0 atom stereocenters. The van der Waals surface area contributed by atoms with Gasteiger partial charge in [-0.2, -0.15) is 0 Å². The molecule has 3 rings (SSSR count). The van der Waals surface area contributed by atoms with Gasteiger partial charge in [-0.05, 0) is 0 Å². The minimum Gasteiger partial charge on any atom is -0.294 e. The molecule has 0 amide bonds. The van der Waals surface area contributed by atoms with Gasteiger partial charge in [0.05, 0.1) is 12.8 Å². The molecule has 0 heterocycles. The van der Waals surface area contributed by atoms with Crippen LogP contribution in [-0.4, -0.2) is 23.1 Å². The Bertz CT molecular complexity index is 936. The van der Waals surface area contributed by atoms with Crippen molar-refractivity contribution in [2.45, 2.75) is 12.8 Å². The van der Waals surface area contributed by atoms with Crippen LogP contribution in [-0.2, 0) is 0 Å². The third kappa shape index (κ3) is 4.54. The molecule has 0 aliphatic rings. The number of hydrogen-bond acceptors (Lipinski definition) is 4. The van der Waals surface area contributed by atoms with E-state index in [-0.39, 0.29) is 35.5 Å².